The summed E-state index contributed by atoms with van der Waals surface area (Å²) in [4.78, 5) is 0. The zero-order valence-electron chi connectivity index (χ0n) is 16.2. The molecule has 0 atom stereocenters. The van der Waals surface area contributed by atoms with Crippen molar-refractivity contribution < 1.29 is 27.8 Å². The molecule has 0 radical (unpaired) electrons. The van der Waals surface area contributed by atoms with Crippen LogP contribution >= 0.6 is 0 Å². The van der Waals surface area contributed by atoms with E-state index in [-0.39, 0.29) is 22.7 Å². The minimum Gasteiger partial charge on any atom is -0.504 e. The molecule has 0 aliphatic rings. The van der Waals surface area contributed by atoms with E-state index in [1.807, 2.05) is 24.3 Å². The van der Waals surface area contributed by atoms with Crippen LogP contribution in [-0.4, -0.2) is 11.5 Å². The molecule has 6 heteroatoms. The van der Waals surface area contributed by atoms with E-state index in [1.165, 1.54) is 30.3 Å². The number of halogens is 3. The molecule has 29 heavy (non-hydrogen) atoms. The highest BCUT2D eigenvalue weighted by Gasteiger charge is 2.31. The van der Waals surface area contributed by atoms with Crippen LogP contribution in [-0.2, 0) is 5.41 Å². The van der Waals surface area contributed by atoms with Gasteiger partial charge in [0, 0.05) is 0 Å². The van der Waals surface area contributed by atoms with Crippen LogP contribution in [0.3, 0.4) is 0 Å². The van der Waals surface area contributed by atoms with Gasteiger partial charge in [0.15, 0.2) is 11.5 Å². The molecule has 1 N–H and O–H groups in total. The van der Waals surface area contributed by atoms with Gasteiger partial charge in [0.1, 0.15) is 11.5 Å². The Kier molecular flexibility index (Phi) is 5.46. The number of ether oxygens (including phenoxy) is 2. The first-order valence-corrected chi connectivity index (χ1v) is 8.99. The Morgan fingerprint density at radius 3 is 2.00 bits per heavy atom. The molecule has 0 saturated heterocycles. The Morgan fingerprint density at radius 1 is 0.759 bits per heavy atom. The van der Waals surface area contributed by atoms with E-state index in [1.54, 1.807) is 12.1 Å². The molecule has 0 aromatic heterocycles. The molecule has 3 aromatic rings. The predicted octanol–water partition coefficient (Wildman–Crippen LogP) is 7.05. The SMILES string of the molecule is CC(C)(C)c1cccc(Oc2ccc(-c3ccc(OC(F)(F)F)cc3)cc2O)c1. The third-order valence-corrected chi connectivity index (χ3v) is 4.31. The van der Waals surface area contributed by atoms with E-state index < -0.39 is 6.36 Å². The third-order valence-electron chi connectivity index (χ3n) is 4.31. The van der Waals surface area contributed by atoms with Gasteiger partial charge in [-0.15, -0.1) is 13.2 Å². The van der Waals surface area contributed by atoms with E-state index in [9.17, 15) is 18.3 Å². The maximum atomic E-state index is 12.3. The summed E-state index contributed by atoms with van der Waals surface area (Å²) in [7, 11) is 0. The first-order valence-electron chi connectivity index (χ1n) is 8.99. The summed E-state index contributed by atoms with van der Waals surface area (Å²) in [5.41, 5.74) is 2.34. The molecule has 3 rings (SSSR count). The van der Waals surface area contributed by atoms with Crippen LogP contribution < -0.4 is 9.47 Å². The van der Waals surface area contributed by atoms with Gasteiger partial charge in [0.25, 0.3) is 0 Å². The van der Waals surface area contributed by atoms with Crippen molar-refractivity contribution >= 4 is 0 Å². The van der Waals surface area contributed by atoms with Crippen LogP contribution in [0.25, 0.3) is 11.1 Å². The first-order chi connectivity index (χ1) is 13.5. The number of rotatable bonds is 4. The predicted molar refractivity (Wildman–Crippen MR) is 105 cm³/mol. The van der Waals surface area contributed by atoms with Crippen molar-refractivity contribution in [3.05, 3.63) is 72.3 Å². The largest absolute Gasteiger partial charge is 0.573 e. The maximum Gasteiger partial charge on any atom is 0.573 e. The van der Waals surface area contributed by atoms with Crippen LogP contribution in [0.2, 0.25) is 0 Å². The van der Waals surface area contributed by atoms with E-state index in [0.717, 1.165) is 5.56 Å². The van der Waals surface area contributed by atoms with Gasteiger partial charge in [-0.3, -0.25) is 0 Å². The van der Waals surface area contributed by atoms with Crippen molar-refractivity contribution in [1.82, 2.24) is 0 Å². The molecule has 152 valence electrons. The summed E-state index contributed by atoms with van der Waals surface area (Å²) < 4.78 is 46.5. The van der Waals surface area contributed by atoms with Gasteiger partial charge in [-0.1, -0.05) is 51.1 Å². The van der Waals surface area contributed by atoms with Crippen molar-refractivity contribution in [3.63, 3.8) is 0 Å². The number of aromatic hydroxyl groups is 1. The summed E-state index contributed by atoms with van der Waals surface area (Å²) in [6, 6.07) is 17.9. The van der Waals surface area contributed by atoms with E-state index in [4.69, 9.17) is 4.74 Å². The fourth-order valence-electron chi connectivity index (χ4n) is 2.79. The molecular formula is C23H21F3O3. The molecule has 0 aliphatic heterocycles. The zero-order valence-corrected chi connectivity index (χ0v) is 16.2. The standard InChI is InChI=1S/C23H21F3O3/c1-22(2,3)17-5-4-6-19(14-17)28-21-12-9-16(13-20(21)27)15-7-10-18(11-8-15)29-23(24,25)26/h4-14,27H,1-3H3. The minimum absolute atomic E-state index is 0.0345. The highest BCUT2D eigenvalue weighted by molar-refractivity contribution is 5.67. The molecule has 3 nitrogen and oxygen atoms in total. The van der Waals surface area contributed by atoms with Crippen molar-refractivity contribution in [2.75, 3.05) is 0 Å². The van der Waals surface area contributed by atoms with Gasteiger partial charge in [0.2, 0.25) is 0 Å². The Labute approximate surface area is 167 Å². The third kappa shape index (κ3) is 5.44. The highest BCUT2D eigenvalue weighted by Crippen LogP contribution is 2.36. The Bertz CT molecular complexity index is 987. The zero-order chi connectivity index (χ0) is 21.2. The fourth-order valence-corrected chi connectivity index (χ4v) is 2.79. The molecule has 0 amide bonds. The molecular weight excluding hydrogens is 381 g/mol. The topological polar surface area (TPSA) is 38.7 Å². The highest BCUT2D eigenvalue weighted by atomic mass is 19.4. The molecule has 0 aliphatic carbocycles. The average molecular weight is 402 g/mol. The Hall–Kier alpha value is -3.15. The summed E-state index contributed by atoms with van der Waals surface area (Å²) in [5.74, 6) is 0.523. The quantitative estimate of drug-likeness (QED) is 0.508. The molecule has 0 saturated carbocycles. The first kappa shape index (κ1) is 20.6. The van der Waals surface area contributed by atoms with Crippen molar-refractivity contribution in [1.29, 1.82) is 0 Å². The van der Waals surface area contributed by atoms with Gasteiger partial charge in [0.05, 0.1) is 0 Å². The van der Waals surface area contributed by atoms with Crippen LogP contribution in [0.5, 0.6) is 23.0 Å². The summed E-state index contributed by atoms with van der Waals surface area (Å²) in [6.07, 6.45) is -4.73. The average Bonchev–Trinajstić information content (AvgIpc) is 2.62. The second kappa shape index (κ2) is 7.70. The monoisotopic (exact) mass is 402 g/mol. The molecule has 3 aromatic carbocycles. The normalized spacial score (nSPS) is 11.9. The maximum absolute atomic E-state index is 12.3. The number of hydrogen-bond donors (Lipinski definition) is 1. The lowest BCUT2D eigenvalue weighted by atomic mass is 9.87. The van der Waals surface area contributed by atoms with Crippen LogP contribution in [0, 0.1) is 0 Å². The summed E-state index contributed by atoms with van der Waals surface area (Å²) in [5, 5.41) is 10.4. The smallest absolute Gasteiger partial charge is 0.504 e. The molecule has 0 spiro atoms. The van der Waals surface area contributed by atoms with Gasteiger partial charge in [-0.2, -0.15) is 0 Å². The number of alkyl halides is 3. The number of phenolic OH excluding ortho intramolecular Hbond substituents is 1. The van der Waals surface area contributed by atoms with Gasteiger partial charge in [-0.05, 0) is 58.5 Å². The number of benzene rings is 3. The second-order valence-corrected chi connectivity index (χ2v) is 7.63. The van der Waals surface area contributed by atoms with E-state index >= 15 is 0 Å². The lowest BCUT2D eigenvalue weighted by molar-refractivity contribution is -0.274. The van der Waals surface area contributed by atoms with E-state index in [2.05, 4.69) is 25.5 Å². The Balaban J connectivity index is 1.79. The minimum atomic E-state index is -4.73. The summed E-state index contributed by atoms with van der Waals surface area (Å²) >= 11 is 0. The van der Waals surface area contributed by atoms with Crippen LogP contribution in [0.15, 0.2) is 66.7 Å². The van der Waals surface area contributed by atoms with Gasteiger partial charge < -0.3 is 14.6 Å². The van der Waals surface area contributed by atoms with Crippen molar-refractivity contribution in [2.24, 2.45) is 0 Å². The molecule has 0 unspecified atom stereocenters. The molecule has 0 bridgehead atoms. The van der Waals surface area contributed by atoms with E-state index in [0.29, 0.717) is 16.9 Å². The lowest BCUT2D eigenvalue weighted by Crippen LogP contribution is -2.16. The summed E-state index contributed by atoms with van der Waals surface area (Å²) in [6.45, 7) is 6.30. The van der Waals surface area contributed by atoms with Gasteiger partial charge >= 0.3 is 6.36 Å². The van der Waals surface area contributed by atoms with Crippen LogP contribution in [0.4, 0.5) is 13.2 Å². The molecule has 0 heterocycles. The van der Waals surface area contributed by atoms with Crippen molar-refractivity contribution in [2.45, 2.75) is 32.5 Å². The van der Waals surface area contributed by atoms with Crippen molar-refractivity contribution in [3.8, 4) is 34.1 Å². The lowest BCUT2D eigenvalue weighted by Gasteiger charge is -2.20. The number of hydrogen-bond acceptors (Lipinski definition) is 3. The number of phenols is 1. The second-order valence-electron chi connectivity index (χ2n) is 7.63. The van der Waals surface area contributed by atoms with Crippen LogP contribution in [0.1, 0.15) is 26.3 Å². The van der Waals surface area contributed by atoms with Gasteiger partial charge in [-0.25, -0.2) is 0 Å². The molecule has 0 fully saturated rings. The fraction of sp³-hybridized carbons (Fsp3) is 0.217. The Morgan fingerprint density at radius 2 is 1.41 bits per heavy atom.